The fourth-order valence-electron chi connectivity index (χ4n) is 1.45. The number of rotatable bonds is 5. The average Bonchev–Trinajstić information content (AvgIpc) is 2.85. The maximum Gasteiger partial charge on any atom is 0.244 e. The minimum Gasteiger partial charge on any atom is -0.292 e. The van der Waals surface area contributed by atoms with Crippen LogP contribution in [0.25, 0.3) is 0 Å². The van der Waals surface area contributed by atoms with Crippen LogP contribution in [0.15, 0.2) is 23.5 Å². The van der Waals surface area contributed by atoms with E-state index >= 15 is 0 Å². The lowest BCUT2D eigenvalue weighted by molar-refractivity contribution is 0.565. The van der Waals surface area contributed by atoms with Gasteiger partial charge in [-0.05, 0) is 13.8 Å². The molecule has 2 heterocycles. The Balaban J connectivity index is 2.17. The molecule has 2 rings (SSSR count). The first-order valence-corrected chi connectivity index (χ1v) is 7.95. The number of hydrogen-bond donors (Lipinski definition) is 3. The van der Waals surface area contributed by atoms with Crippen molar-refractivity contribution in [1.82, 2.24) is 19.7 Å². The van der Waals surface area contributed by atoms with Gasteiger partial charge in [0.2, 0.25) is 16.0 Å². The molecule has 0 saturated heterocycles. The molecule has 0 amide bonds. The molecule has 0 aliphatic rings. The molecular formula is C10H14N6O2S2. The van der Waals surface area contributed by atoms with Crippen LogP contribution >= 0.6 is 11.3 Å². The monoisotopic (exact) mass is 314 g/mol. The Morgan fingerprint density at radius 3 is 2.40 bits per heavy atom. The Bertz CT molecular complexity index is 682. The molecule has 0 spiro atoms. The number of aromatic nitrogens is 3. The summed E-state index contributed by atoms with van der Waals surface area (Å²) < 4.78 is 26.8. The third kappa shape index (κ3) is 3.28. The van der Waals surface area contributed by atoms with Crippen molar-refractivity contribution >= 4 is 27.3 Å². The van der Waals surface area contributed by atoms with E-state index in [1.54, 1.807) is 13.1 Å². The summed E-state index contributed by atoms with van der Waals surface area (Å²) in [5, 5.41) is 0.701. The molecule has 2 aromatic rings. The molecule has 2 aromatic heterocycles. The van der Waals surface area contributed by atoms with Gasteiger partial charge in [-0.2, -0.15) is 0 Å². The number of anilines is 1. The average molecular weight is 314 g/mol. The van der Waals surface area contributed by atoms with Gasteiger partial charge in [0.05, 0.1) is 18.4 Å². The van der Waals surface area contributed by atoms with Gasteiger partial charge < -0.3 is 0 Å². The van der Waals surface area contributed by atoms with Crippen LogP contribution in [0.2, 0.25) is 0 Å². The molecule has 8 nitrogen and oxygen atoms in total. The molecular weight excluding hydrogens is 300 g/mol. The first-order valence-electron chi connectivity index (χ1n) is 5.65. The zero-order valence-corrected chi connectivity index (χ0v) is 12.5. The Hall–Kier alpha value is -1.62. The van der Waals surface area contributed by atoms with Crippen LogP contribution in [0.1, 0.15) is 22.9 Å². The second-order valence-corrected chi connectivity index (χ2v) is 7.02. The summed E-state index contributed by atoms with van der Waals surface area (Å²) >= 11 is 1.44. The van der Waals surface area contributed by atoms with Crippen LogP contribution in [-0.4, -0.2) is 23.4 Å². The highest BCUT2D eigenvalue weighted by atomic mass is 32.2. The van der Waals surface area contributed by atoms with Crippen molar-refractivity contribution in [3.05, 3.63) is 28.5 Å². The van der Waals surface area contributed by atoms with Gasteiger partial charge in [0.15, 0.2) is 0 Å². The molecule has 108 valence electrons. The minimum atomic E-state index is -3.70. The third-order valence-corrected chi connectivity index (χ3v) is 5.00. The molecule has 4 N–H and O–H groups in total. The Morgan fingerprint density at radius 2 is 1.90 bits per heavy atom. The van der Waals surface area contributed by atoms with E-state index in [0.29, 0.717) is 5.01 Å². The lowest BCUT2D eigenvalue weighted by Crippen LogP contribution is -2.27. The van der Waals surface area contributed by atoms with E-state index in [1.807, 2.05) is 6.92 Å². The van der Waals surface area contributed by atoms with Gasteiger partial charge in [-0.15, -0.1) is 11.3 Å². The normalized spacial score (nSPS) is 13.2. The molecule has 1 atom stereocenters. The van der Waals surface area contributed by atoms with Crippen molar-refractivity contribution in [1.29, 1.82) is 0 Å². The van der Waals surface area contributed by atoms with Crippen molar-refractivity contribution in [2.24, 2.45) is 5.84 Å². The molecule has 0 aromatic carbocycles. The summed E-state index contributed by atoms with van der Waals surface area (Å²) in [7, 11) is -3.70. The highest BCUT2D eigenvalue weighted by Gasteiger charge is 2.20. The van der Waals surface area contributed by atoms with Crippen molar-refractivity contribution in [3.8, 4) is 0 Å². The Morgan fingerprint density at radius 1 is 1.25 bits per heavy atom. The van der Waals surface area contributed by atoms with Gasteiger partial charge in [-0.3, -0.25) is 5.43 Å². The zero-order valence-electron chi connectivity index (χ0n) is 10.9. The van der Waals surface area contributed by atoms with Crippen molar-refractivity contribution in [2.45, 2.75) is 24.8 Å². The molecule has 1 unspecified atom stereocenters. The standard InChI is InChI=1S/C10H14N6O2S2/c1-6-3-12-9(19-6)7(2)16-20(17,18)8-4-13-10(15-11)14-5-8/h3-5,7,16H,11H2,1-2H3,(H,13,14,15). The summed E-state index contributed by atoms with van der Waals surface area (Å²) in [4.78, 5) is 12.7. The van der Waals surface area contributed by atoms with Crippen LogP contribution in [-0.2, 0) is 10.0 Å². The predicted octanol–water partition coefficient (Wildman–Crippen LogP) is 0.567. The molecule has 10 heteroatoms. The van der Waals surface area contributed by atoms with E-state index in [-0.39, 0.29) is 10.8 Å². The van der Waals surface area contributed by atoms with Gasteiger partial charge in [-0.1, -0.05) is 0 Å². The van der Waals surface area contributed by atoms with E-state index in [2.05, 4.69) is 25.1 Å². The minimum absolute atomic E-state index is 0.0309. The lowest BCUT2D eigenvalue weighted by Gasteiger charge is -2.11. The van der Waals surface area contributed by atoms with E-state index in [4.69, 9.17) is 5.84 Å². The highest BCUT2D eigenvalue weighted by Crippen LogP contribution is 2.21. The number of nitrogens with zero attached hydrogens (tertiary/aromatic N) is 3. The Labute approximate surface area is 120 Å². The van der Waals surface area contributed by atoms with Gasteiger partial charge in [0.25, 0.3) is 0 Å². The van der Waals surface area contributed by atoms with Crippen LogP contribution in [0.3, 0.4) is 0 Å². The lowest BCUT2D eigenvalue weighted by atomic mass is 10.4. The molecule has 0 fully saturated rings. The van der Waals surface area contributed by atoms with E-state index in [1.165, 1.54) is 23.7 Å². The number of aryl methyl sites for hydroxylation is 1. The summed E-state index contributed by atoms with van der Waals surface area (Å²) in [5.74, 6) is 5.27. The zero-order chi connectivity index (χ0) is 14.8. The smallest absolute Gasteiger partial charge is 0.244 e. The number of nitrogen functional groups attached to an aromatic ring is 1. The largest absolute Gasteiger partial charge is 0.292 e. The SMILES string of the molecule is Cc1cnc(C(C)NS(=O)(=O)c2cnc(NN)nc2)s1. The summed E-state index contributed by atoms with van der Waals surface area (Å²) in [5.41, 5.74) is 2.23. The maximum atomic E-state index is 12.2. The van der Waals surface area contributed by atoms with E-state index in [9.17, 15) is 8.42 Å². The van der Waals surface area contributed by atoms with Crippen LogP contribution in [0.5, 0.6) is 0 Å². The van der Waals surface area contributed by atoms with Gasteiger partial charge in [0.1, 0.15) is 9.90 Å². The molecule has 0 bridgehead atoms. The van der Waals surface area contributed by atoms with Crippen LogP contribution < -0.4 is 16.0 Å². The van der Waals surface area contributed by atoms with E-state index in [0.717, 1.165) is 4.88 Å². The first kappa shape index (κ1) is 14.8. The second-order valence-electron chi connectivity index (χ2n) is 4.04. The molecule has 0 radical (unpaired) electrons. The first-order chi connectivity index (χ1) is 9.42. The third-order valence-electron chi connectivity index (χ3n) is 2.41. The maximum absolute atomic E-state index is 12.2. The van der Waals surface area contributed by atoms with Crippen LogP contribution in [0.4, 0.5) is 5.95 Å². The van der Waals surface area contributed by atoms with Crippen molar-refractivity contribution in [2.75, 3.05) is 5.43 Å². The molecule has 20 heavy (non-hydrogen) atoms. The number of hydrogen-bond acceptors (Lipinski definition) is 8. The second kappa shape index (κ2) is 5.79. The fourth-order valence-corrected chi connectivity index (χ4v) is 3.40. The molecule has 0 aliphatic heterocycles. The van der Waals surface area contributed by atoms with Crippen molar-refractivity contribution < 1.29 is 8.42 Å². The Kier molecular flexibility index (Phi) is 4.28. The number of thiazole rings is 1. The number of nitrogens with two attached hydrogens (primary N) is 1. The van der Waals surface area contributed by atoms with E-state index < -0.39 is 16.1 Å². The molecule has 0 aliphatic carbocycles. The number of sulfonamides is 1. The summed E-state index contributed by atoms with van der Waals surface area (Å²) in [6.45, 7) is 3.64. The topological polar surface area (TPSA) is 123 Å². The van der Waals surface area contributed by atoms with Crippen molar-refractivity contribution in [3.63, 3.8) is 0 Å². The van der Waals surface area contributed by atoms with Gasteiger partial charge in [-0.25, -0.2) is 33.9 Å². The quantitative estimate of drug-likeness (QED) is 0.544. The van der Waals surface area contributed by atoms with Gasteiger partial charge >= 0.3 is 0 Å². The predicted molar refractivity (Wildman–Crippen MR) is 75.4 cm³/mol. The summed E-state index contributed by atoms with van der Waals surface area (Å²) in [6, 6.07) is -0.425. The van der Waals surface area contributed by atoms with Crippen LogP contribution in [0, 0.1) is 6.92 Å². The number of hydrazine groups is 1. The molecule has 0 saturated carbocycles. The highest BCUT2D eigenvalue weighted by molar-refractivity contribution is 7.89. The summed E-state index contributed by atoms with van der Waals surface area (Å²) in [6.07, 6.45) is 4.07. The number of nitrogens with one attached hydrogen (secondary N) is 2. The fraction of sp³-hybridized carbons (Fsp3) is 0.300. The van der Waals surface area contributed by atoms with Gasteiger partial charge in [0, 0.05) is 11.1 Å².